The third-order valence-electron chi connectivity index (χ3n) is 3.59. The van der Waals surface area contributed by atoms with Crippen LogP contribution in [0.3, 0.4) is 0 Å². The van der Waals surface area contributed by atoms with Crippen molar-refractivity contribution in [1.82, 2.24) is 15.5 Å². The van der Waals surface area contributed by atoms with Gasteiger partial charge in [-0.05, 0) is 31.0 Å². The first kappa shape index (κ1) is 18.7. The predicted octanol–water partition coefficient (Wildman–Crippen LogP) is 2.32. The molecule has 0 aliphatic carbocycles. The maximum atomic E-state index is 13.2. The number of hydrogen-bond acceptors (Lipinski definition) is 7. The van der Waals surface area contributed by atoms with Crippen molar-refractivity contribution >= 4 is 40.0 Å². The second-order valence-electron chi connectivity index (χ2n) is 5.57. The number of carbonyl (C=O) groups excluding carboxylic acids is 2. The highest BCUT2D eigenvalue weighted by Gasteiger charge is 2.17. The molecule has 10 heteroatoms. The second-order valence-corrected chi connectivity index (χ2v) is 7.77. The molecule has 138 valence electrons. The number of carbonyl (C=O) groups is 2. The van der Waals surface area contributed by atoms with Crippen molar-refractivity contribution in [3.63, 3.8) is 0 Å². The SMILES string of the molecule is O=C(CSc1nnc(NC(=O)c2cccc(F)c2)s1)NC[C@@H]1CCCO1. The molecule has 0 unspecified atom stereocenters. The highest BCUT2D eigenvalue weighted by molar-refractivity contribution is 8.01. The topological polar surface area (TPSA) is 93.2 Å². The van der Waals surface area contributed by atoms with E-state index in [0.717, 1.165) is 36.9 Å². The molecule has 2 amide bonds. The van der Waals surface area contributed by atoms with Gasteiger partial charge < -0.3 is 10.1 Å². The van der Waals surface area contributed by atoms with Crippen LogP contribution in [0.5, 0.6) is 0 Å². The summed E-state index contributed by atoms with van der Waals surface area (Å²) in [6, 6.07) is 5.37. The molecular formula is C16H17FN4O3S2. The zero-order valence-corrected chi connectivity index (χ0v) is 15.4. The number of nitrogens with zero attached hydrogens (tertiary/aromatic N) is 2. The first-order valence-electron chi connectivity index (χ1n) is 8.01. The van der Waals surface area contributed by atoms with Gasteiger partial charge >= 0.3 is 0 Å². The maximum absolute atomic E-state index is 13.2. The summed E-state index contributed by atoms with van der Waals surface area (Å²) >= 11 is 2.39. The summed E-state index contributed by atoms with van der Waals surface area (Å²) in [5.74, 6) is -0.850. The van der Waals surface area contributed by atoms with E-state index in [4.69, 9.17) is 4.74 Å². The minimum atomic E-state index is -0.486. The molecule has 3 rings (SSSR count). The van der Waals surface area contributed by atoms with Gasteiger partial charge in [0.05, 0.1) is 11.9 Å². The number of aromatic nitrogens is 2. The van der Waals surface area contributed by atoms with Crippen LogP contribution < -0.4 is 10.6 Å². The molecular weight excluding hydrogens is 379 g/mol. The Balaban J connectivity index is 1.44. The smallest absolute Gasteiger partial charge is 0.257 e. The average molecular weight is 396 g/mol. The Kier molecular flexibility index (Phi) is 6.53. The number of thioether (sulfide) groups is 1. The van der Waals surface area contributed by atoms with Crippen LogP contribution in [-0.2, 0) is 9.53 Å². The first-order chi connectivity index (χ1) is 12.6. The van der Waals surface area contributed by atoms with Crippen molar-refractivity contribution in [2.45, 2.75) is 23.3 Å². The van der Waals surface area contributed by atoms with Crippen molar-refractivity contribution in [1.29, 1.82) is 0 Å². The molecule has 0 saturated carbocycles. The van der Waals surface area contributed by atoms with Gasteiger partial charge in [-0.2, -0.15) is 0 Å². The number of halogens is 1. The molecule has 1 aliphatic heterocycles. The Morgan fingerprint density at radius 1 is 1.38 bits per heavy atom. The normalized spacial score (nSPS) is 16.4. The van der Waals surface area contributed by atoms with E-state index in [0.29, 0.717) is 16.0 Å². The minimum Gasteiger partial charge on any atom is -0.376 e. The number of amides is 2. The van der Waals surface area contributed by atoms with Gasteiger partial charge in [-0.15, -0.1) is 10.2 Å². The fourth-order valence-electron chi connectivity index (χ4n) is 2.33. The average Bonchev–Trinajstić information content (AvgIpc) is 3.30. The van der Waals surface area contributed by atoms with E-state index in [1.165, 1.54) is 30.0 Å². The van der Waals surface area contributed by atoms with Gasteiger partial charge in [0.1, 0.15) is 5.82 Å². The van der Waals surface area contributed by atoms with Crippen LogP contribution in [0.15, 0.2) is 28.6 Å². The van der Waals surface area contributed by atoms with Gasteiger partial charge in [0, 0.05) is 18.7 Å². The fraction of sp³-hybridized carbons (Fsp3) is 0.375. The molecule has 0 radical (unpaired) electrons. The lowest BCUT2D eigenvalue weighted by Crippen LogP contribution is -2.32. The molecule has 2 aromatic rings. The molecule has 1 aromatic heterocycles. The predicted molar refractivity (Wildman–Crippen MR) is 97.0 cm³/mol. The number of ether oxygens (including phenoxy) is 1. The molecule has 1 aliphatic rings. The molecule has 0 bridgehead atoms. The van der Waals surface area contributed by atoms with Crippen LogP contribution in [0, 0.1) is 5.82 Å². The maximum Gasteiger partial charge on any atom is 0.257 e. The quantitative estimate of drug-likeness (QED) is 0.551. The molecule has 2 N–H and O–H groups in total. The molecule has 1 fully saturated rings. The van der Waals surface area contributed by atoms with Gasteiger partial charge in [-0.25, -0.2) is 4.39 Å². The van der Waals surface area contributed by atoms with Crippen molar-refractivity contribution in [2.24, 2.45) is 0 Å². The van der Waals surface area contributed by atoms with E-state index in [2.05, 4.69) is 20.8 Å². The molecule has 2 heterocycles. The highest BCUT2D eigenvalue weighted by Crippen LogP contribution is 2.25. The number of rotatable bonds is 7. The molecule has 1 aromatic carbocycles. The van der Waals surface area contributed by atoms with Gasteiger partial charge in [0.25, 0.3) is 5.91 Å². The largest absolute Gasteiger partial charge is 0.376 e. The third-order valence-corrected chi connectivity index (χ3v) is 5.56. The first-order valence-corrected chi connectivity index (χ1v) is 9.82. The van der Waals surface area contributed by atoms with E-state index >= 15 is 0 Å². The van der Waals surface area contributed by atoms with E-state index in [1.807, 2.05) is 0 Å². The summed E-state index contributed by atoms with van der Waals surface area (Å²) in [5, 5.41) is 13.5. The molecule has 7 nitrogen and oxygen atoms in total. The van der Waals surface area contributed by atoms with Crippen molar-refractivity contribution in [2.75, 3.05) is 24.2 Å². The van der Waals surface area contributed by atoms with Crippen molar-refractivity contribution < 1.29 is 18.7 Å². The van der Waals surface area contributed by atoms with E-state index in [9.17, 15) is 14.0 Å². The fourth-order valence-corrected chi connectivity index (χ4v) is 3.91. The summed E-state index contributed by atoms with van der Waals surface area (Å²) in [7, 11) is 0. The van der Waals surface area contributed by atoms with Crippen LogP contribution in [0.1, 0.15) is 23.2 Å². The van der Waals surface area contributed by atoms with E-state index < -0.39 is 11.7 Å². The van der Waals surface area contributed by atoms with Crippen LogP contribution in [0.2, 0.25) is 0 Å². The Morgan fingerprint density at radius 3 is 3.04 bits per heavy atom. The Bertz CT molecular complexity index is 780. The van der Waals surface area contributed by atoms with E-state index in [-0.39, 0.29) is 23.3 Å². The van der Waals surface area contributed by atoms with Crippen LogP contribution in [0.25, 0.3) is 0 Å². The highest BCUT2D eigenvalue weighted by atomic mass is 32.2. The van der Waals surface area contributed by atoms with Crippen LogP contribution in [0.4, 0.5) is 9.52 Å². The number of benzene rings is 1. The van der Waals surface area contributed by atoms with Crippen molar-refractivity contribution in [3.05, 3.63) is 35.6 Å². The van der Waals surface area contributed by atoms with Gasteiger partial charge in [0.15, 0.2) is 4.34 Å². The summed E-state index contributed by atoms with van der Waals surface area (Å²) in [6.07, 6.45) is 2.11. The number of hydrogen-bond donors (Lipinski definition) is 2. The minimum absolute atomic E-state index is 0.106. The lowest BCUT2D eigenvalue weighted by molar-refractivity contribution is -0.119. The summed E-state index contributed by atoms with van der Waals surface area (Å²) in [6.45, 7) is 1.27. The monoisotopic (exact) mass is 396 g/mol. The van der Waals surface area contributed by atoms with Crippen LogP contribution >= 0.6 is 23.1 Å². The summed E-state index contributed by atoms with van der Waals surface area (Å²) in [4.78, 5) is 23.9. The third kappa shape index (κ3) is 5.48. The zero-order valence-electron chi connectivity index (χ0n) is 13.7. The summed E-state index contributed by atoms with van der Waals surface area (Å²) in [5.41, 5.74) is 0.197. The number of anilines is 1. The lowest BCUT2D eigenvalue weighted by Gasteiger charge is -2.09. The lowest BCUT2D eigenvalue weighted by atomic mass is 10.2. The summed E-state index contributed by atoms with van der Waals surface area (Å²) < 4.78 is 19.2. The van der Waals surface area contributed by atoms with E-state index in [1.54, 1.807) is 0 Å². The zero-order chi connectivity index (χ0) is 18.4. The Hall–Kier alpha value is -2.04. The van der Waals surface area contributed by atoms with Crippen molar-refractivity contribution in [3.8, 4) is 0 Å². The standard InChI is InChI=1S/C16H17FN4O3S2/c17-11-4-1-3-10(7-11)14(23)19-15-20-21-16(26-15)25-9-13(22)18-8-12-5-2-6-24-12/h1,3-4,7,12H,2,5-6,8-9H2,(H,18,22)(H,19,20,23)/t12-/m0/s1. The second kappa shape index (κ2) is 9.06. The molecule has 26 heavy (non-hydrogen) atoms. The van der Waals surface area contributed by atoms with Crippen LogP contribution in [-0.4, -0.2) is 47.0 Å². The van der Waals surface area contributed by atoms with Gasteiger partial charge in [0.2, 0.25) is 11.0 Å². The number of nitrogens with one attached hydrogen (secondary N) is 2. The van der Waals surface area contributed by atoms with Gasteiger partial charge in [-0.3, -0.25) is 14.9 Å². The molecule has 0 spiro atoms. The Morgan fingerprint density at radius 2 is 2.27 bits per heavy atom. The van der Waals surface area contributed by atoms with Gasteiger partial charge in [-0.1, -0.05) is 29.2 Å². The Labute approximate surface area is 157 Å². The molecule has 1 atom stereocenters. The molecule has 1 saturated heterocycles.